The van der Waals surface area contributed by atoms with Crippen LogP contribution in [0.25, 0.3) is 0 Å². The van der Waals surface area contributed by atoms with Gasteiger partial charge < -0.3 is 9.47 Å². The Morgan fingerprint density at radius 2 is 1.57 bits per heavy atom. The van der Waals surface area contributed by atoms with E-state index in [1.165, 1.54) is 12.1 Å². The number of ketones is 1. The molecular formula is C15H17FO5. The number of aryl methyl sites for hydroxylation is 1. The van der Waals surface area contributed by atoms with Crippen molar-refractivity contribution in [1.82, 2.24) is 0 Å². The van der Waals surface area contributed by atoms with Crippen LogP contribution in [0.4, 0.5) is 4.39 Å². The third-order valence-electron chi connectivity index (χ3n) is 2.63. The van der Waals surface area contributed by atoms with Crippen LogP contribution in [0.5, 0.6) is 0 Å². The van der Waals surface area contributed by atoms with Crippen LogP contribution < -0.4 is 0 Å². The van der Waals surface area contributed by atoms with Crippen molar-refractivity contribution in [3.63, 3.8) is 0 Å². The van der Waals surface area contributed by atoms with Gasteiger partial charge >= 0.3 is 11.9 Å². The maximum absolute atomic E-state index is 13.4. The number of rotatable bonds is 6. The van der Waals surface area contributed by atoms with Gasteiger partial charge in [-0.3, -0.25) is 14.4 Å². The minimum Gasteiger partial charge on any atom is -0.465 e. The summed E-state index contributed by atoms with van der Waals surface area (Å²) in [5.74, 6) is -5.18. The first-order valence-electron chi connectivity index (χ1n) is 6.55. The average molecular weight is 296 g/mol. The summed E-state index contributed by atoms with van der Waals surface area (Å²) in [7, 11) is 0. The Kier molecular flexibility index (Phi) is 6.02. The van der Waals surface area contributed by atoms with E-state index < -0.39 is 29.5 Å². The van der Waals surface area contributed by atoms with Gasteiger partial charge in [-0.25, -0.2) is 4.39 Å². The van der Waals surface area contributed by atoms with Crippen LogP contribution >= 0.6 is 0 Å². The highest BCUT2D eigenvalue weighted by Crippen LogP contribution is 2.16. The lowest BCUT2D eigenvalue weighted by Gasteiger charge is -2.13. The third-order valence-corrected chi connectivity index (χ3v) is 2.63. The van der Waals surface area contributed by atoms with E-state index >= 15 is 0 Å². The first-order chi connectivity index (χ1) is 9.90. The molecule has 0 heterocycles. The molecule has 5 nitrogen and oxygen atoms in total. The summed E-state index contributed by atoms with van der Waals surface area (Å²) in [6.45, 7) is 4.74. The zero-order chi connectivity index (χ0) is 16.0. The summed E-state index contributed by atoms with van der Waals surface area (Å²) in [5.41, 5.74) is 0.434. The average Bonchev–Trinajstić information content (AvgIpc) is 2.38. The fourth-order valence-corrected chi connectivity index (χ4v) is 1.81. The van der Waals surface area contributed by atoms with Gasteiger partial charge in [-0.1, -0.05) is 0 Å². The van der Waals surface area contributed by atoms with E-state index in [2.05, 4.69) is 0 Å². The highest BCUT2D eigenvalue weighted by molar-refractivity contribution is 6.20. The van der Waals surface area contributed by atoms with Crippen molar-refractivity contribution in [1.29, 1.82) is 0 Å². The van der Waals surface area contributed by atoms with Crippen LogP contribution in [0, 0.1) is 18.7 Å². The smallest absolute Gasteiger partial charge is 0.328 e. The highest BCUT2D eigenvalue weighted by Gasteiger charge is 2.37. The van der Waals surface area contributed by atoms with Gasteiger partial charge in [0.25, 0.3) is 0 Å². The molecule has 21 heavy (non-hydrogen) atoms. The molecule has 0 aliphatic rings. The van der Waals surface area contributed by atoms with Gasteiger partial charge in [-0.05, 0) is 44.5 Å². The fraction of sp³-hybridized carbons (Fsp3) is 0.400. The fourth-order valence-electron chi connectivity index (χ4n) is 1.81. The molecule has 1 aromatic rings. The van der Waals surface area contributed by atoms with E-state index in [9.17, 15) is 18.8 Å². The van der Waals surface area contributed by atoms with E-state index in [1.54, 1.807) is 20.8 Å². The van der Waals surface area contributed by atoms with Crippen molar-refractivity contribution in [2.45, 2.75) is 20.8 Å². The van der Waals surface area contributed by atoms with Crippen molar-refractivity contribution in [2.24, 2.45) is 5.92 Å². The minimum absolute atomic E-state index is 0.0181. The summed E-state index contributed by atoms with van der Waals surface area (Å²) in [4.78, 5) is 35.9. The second-order valence-corrected chi connectivity index (χ2v) is 4.32. The molecule has 0 radical (unpaired) electrons. The minimum atomic E-state index is -1.73. The van der Waals surface area contributed by atoms with Crippen molar-refractivity contribution >= 4 is 17.7 Å². The molecule has 0 amide bonds. The summed E-state index contributed by atoms with van der Waals surface area (Å²) in [6, 6.07) is 3.61. The van der Waals surface area contributed by atoms with Crippen LogP contribution in [0.15, 0.2) is 18.2 Å². The number of esters is 2. The molecule has 114 valence electrons. The van der Waals surface area contributed by atoms with Crippen LogP contribution in [-0.4, -0.2) is 30.9 Å². The Morgan fingerprint density at radius 1 is 1.05 bits per heavy atom. The molecule has 0 saturated carbocycles. The SMILES string of the molecule is CCOC(=O)C(C(=O)OCC)C(=O)c1cc(C)cc(F)c1. The third kappa shape index (κ3) is 4.37. The molecule has 1 rings (SSSR count). The predicted octanol–water partition coefficient (Wildman–Crippen LogP) is 2.06. The summed E-state index contributed by atoms with van der Waals surface area (Å²) in [6.07, 6.45) is 0. The maximum Gasteiger partial charge on any atom is 0.328 e. The van der Waals surface area contributed by atoms with Gasteiger partial charge in [0, 0.05) is 5.56 Å². The van der Waals surface area contributed by atoms with Gasteiger partial charge in [-0.15, -0.1) is 0 Å². The summed E-state index contributed by atoms with van der Waals surface area (Å²) in [5, 5.41) is 0. The standard InChI is InChI=1S/C15H17FO5/c1-4-20-14(18)12(15(19)21-5-2)13(17)10-6-9(3)7-11(16)8-10/h6-8,12H,4-5H2,1-3H3. The van der Waals surface area contributed by atoms with Crippen molar-refractivity contribution in [3.05, 3.63) is 35.1 Å². The van der Waals surface area contributed by atoms with Crippen LogP contribution in [0.2, 0.25) is 0 Å². The van der Waals surface area contributed by atoms with Crippen LogP contribution in [0.3, 0.4) is 0 Å². The molecule has 0 N–H and O–H groups in total. The topological polar surface area (TPSA) is 69.7 Å². The van der Waals surface area contributed by atoms with E-state index in [4.69, 9.17) is 9.47 Å². The van der Waals surface area contributed by atoms with Gasteiger partial charge in [-0.2, -0.15) is 0 Å². The second kappa shape index (κ2) is 7.52. The van der Waals surface area contributed by atoms with E-state index in [1.807, 2.05) is 0 Å². The molecule has 0 spiro atoms. The Balaban J connectivity index is 3.15. The summed E-state index contributed by atoms with van der Waals surface area (Å²) < 4.78 is 22.8. The molecule has 0 atom stereocenters. The zero-order valence-corrected chi connectivity index (χ0v) is 12.1. The Bertz CT molecular complexity index is 515. The highest BCUT2D eigenvalue weighted by atomic mass is 19.1. The number of carbonyl (C=O) groups is 3. The quantitative estimate of drug-likeness (QED) is 0.456. The van der Waals surface area contributed by atoms with Gasteiger partial charge in [0.05, 0.1) is 13.2 Å². The Hall–Kier alpha value is -2.24. The Morgan fingerprint density at radius 3 is 2.00 bits per heavy atom. The van der Waals surface area contributed by atoms with E-state index in [-0.39, 0.29) is 18.8 Å². The van der Waals surface area contributed by atoms with Crippen molar-refractivity contribution in [2.75, 3.05) is 13.2 Å². The number of ether oxygens (including phenoxy) is 2. The van der Waals surface area contributed by atoms with E-state index in [0.717, 1.165) is 6.07 Å². The maximum atomic E-state index is 13.4. The number of benzene rings is 1. The number of Topliss-reactive ketones (excluding diaryl/α,β-unsaturated/α-hetero) is 1. The molecule has 0 aliphatic carbocycles. The number of halogens is 1. The van der Waals surface area contributed by atoms with Gasteiger partial charge in [0.2, 0.25) is 5.92 Å². The van der Waals surface area contributed by atoms with Gasteiger partial charge in [0.15, 0.2) is 5.78 Å². The first kappa shape index (κ1) is 16.8. The number of carbonyl (C=O) groups excluding carboxylic acids is 3. The first-order valence-corrected chi connectivity index (χ1v) is 6.55. The van der Waals surface area contributed by atoms with E-state index in [0.29, 0.717) is 5.56 Å². The molecule has 0 unspecified atom stereocenters. The van der Waals surface area contributed by atoms with Gasteiger partial charge in [0.1, 0.15) is 5.82 Å². The zero-order valence-electron chi connectivity index (χ0n) is 12.1. The molecule has 6 heteroatoms. The molecule has 0 aliphatic heterocycles. The normalized spacial score (nSPS) is 10.3. The van der Waals surface area contributed by atoms with Crippen molar-refractivity contribution in [3.8, 4) is 0 Å². The lowest BCUT2D eigenvalue weighted by Crippen LogP contribution is -2.35. The molecule has 0 bridgehead atoms. The lowest BCUT2D eigenvalue weighted by atomic mass is 9.96. The largest absolute Gasteiger partial charge is 0.465 e. The summed E-state index contributed by atoms with van der Waals surface area (Å²) >= 11 is 0. The predicted molar refractivity (Wildman–Crippen MR) is 72.2 cm³/mol. The molecule has 0 aromatic heterocycles. The van der Waals surface area contributed by atoms with Crippen molar-refractivity contribution < 1.29 is 28.2 Å². The van der Waals surface area contributed by atoms with Crippen LogP contribution in [-0.2, 0) is 19.1 Å². The molecule has 0 saturated heterocycles. The number of hydrogen-bond donors (Lipinski definition) is 0. The number of hydrogen-bond acceptors (Lipinski definition) is 5. The molecule has 1 aromatic carbocycles. The monoisotopic (exact) mass is 296 g/mol. The molecular weight excluding hydrogens is 279 g/mol. The lowest BCUT2D eigenvalue weighted by molar-refractivity contribution is -0.158. The van der Waals surface area contributed by atoms with Crippen LogP contribution in [0.1, 0.15) is 29.8 Å². The Labute approximate surface area is 122 Å². The second-order valence-electron chi connectivity index (χ2n) is 4.32. The molecule has 0 fully saturated rings.